The number of carbonyl (C=O) groups is 1. The number of anilines is 1. The Morgan fingerprint density at radius 3 is 2.40 bits per heavy atom. The van der Waals surface area contributed by atoms with Gasteiger partial charge in [-0.25, -0.2) is 0 Å². The third-order valence-corrected chi connectivity index (χ3v) is 5.57. The molecule has 0 radical (unpaired) electrons. The lowest BCUT2D eigenvalue weighted by molar-refractivity contribution is -0.121. The minimum Gasteiger partial charge on any atom is -0.497 e. The highest BCUT2D eigenvalue weighted by molar-refractivity contribution is 5.76. The standard InChI is InChI=1S/C24H33N3O3/c1-29-21-11-8-20(9-12-21)10-13-24(28)25-14-5-15-26-16-18-27(19-17-26)22-6-3-4-7-23(22)30-2/h3-4,6-9,11-12H,5,10,13-19H2,1-2H3,(H,25,28). The molecule has 1 heterocycles. The Morgan fingerprint density at radius 1 is 0.967 bits per heavy atom. The summed E-state index contributed by atoms with van der Waals surface area (Å²) in [6.45, 7) is 5.79. The van der Waals surface area contributed by atoms with Gasteiger partial charge in [-0.15, -0.1) is 0 Å². The summed E-state index contributed by atoms with van der Waals surface area (Å²) in [6.07, 6.45) is 2.24. The number of rotatable bonds is 10. The summed E-state index contributed by atoms with van der Waals surface area (Å²) in [5.41, 5.74) is 2.32. The molecule has 1 N–H and O–H groups in total. The van der Waals surface area contributed by atoms with Gasteiger partial charge in [0, 0.05) is 39.1 Å². The van der Waals surface area contributed by atoms with Crippen molar-refractivity contribution in [2.24, 2.45) is 0 Å². The van der Waals surface area contributed by atoms with Crippen LogP contribution in [0.5, 0.6) is 11.5 Å². The van der Waals surface area contributed by atoms with Crippen molar-refractivity contribution in [1.82, 2.24) is 10.2 Å². The van der Waals surface area contributed by atoms with Crippen LogP contribution in [0.3, 0.4) is 0 Å². The van der Waals surface area contributed by atoms with Gasteiger partial charge < -0.3 is 19.7 Å². The van der Waals surface area contributed by atoms with Gasteiger partial charge in [0.25, 0.3) is 0 Å². The van der Waals surface area contributed by atoms with E-state index in [0.29, 0.717) is 6.42 Å². The molecule has 3 rings (SSSR count). The lowest BCUT2D eigenvalue weighted by Gasteiger charge is -2.36. The molecule has 0 atom stereocenters. The summed E-state index contributed by atoms with van der Waals surface area (Å²) in [4.78, 5) is 16.9. The van der Waals surface area contributed by atoms with Crippen molar-refractivity contribution < 1.29 is 14.3 Å². The van der Waals surface area contributed by atoms with Crippen LogP contribution in [-0.4, -0.2) is 64.3 Å². The lowest BCUT2D eigenvalue weighted by Crippen LogP contribution is -2.47. The fourth-order valence-electron chi connectivity index (χ4n) is 3.77. The molecule has 2 aromatic rings. The third-order valence-electron chi connectivity index (χ3n) is 5.57. The number of hydrogen-bond acceptors (Lipinski definition) is 5. The molecule has 1 fully saturated rings. The van der Waals surface area contributed by atoms with Crippen LogP contribution in [0.15, 0.2) is 48.5 Å². The predicted octanol–water partition coefficient (Wildman–Crippen LogP) is 2.96. The number of benzene rings is 2. The zero-order chi connectivity index (χ0) is 21.2. The van der Waals surface area contributed by atoms with E-state index in [0.717, 1.165) is 69.2 Å². The molecule has 0 spiro atoms. The van der Waals surface area contributed by atoms with Gasteiger partial charge in [-0.05, 0) is 49.2 Å². The number of carbonyl (C=O) groups excluding carboxylic acids is 1. The average molecular weight is 412 g/mol. The number of methoxy groups -OCH3 is 2. The second-order valence-corrected chi connectivity index (χ2v) is 7.55. The molecule has 0 aromatic heterocycles. The quantitative estimate of drug-likeness (QED) is 0.609. The highest BCUT2D eigenvalue weighted by Crippen LogP contribution is 2.28. The van der Waals surface area contributed by atoms with Crippen LogP contribution in [0.1, 0.15) is 18.4 Å². The molecule has 162 valence electrons. The minimum atomic E-state index is 0.117. The summed E-state index contributed by atoms with van der Waals surface area (Å²) in [5.74, 6) is 1.89. The zero-order valence-electron chi connectivity index (χ0n) is 18.1. The summed E-state index contributed by atoms with van der Waals surface area (Å²) >= 11 is 0. The smallest absolute Gasteiger partial charge is 0.220 e. The Kier molecular flexibility index (Phi) is 8.39. The van der Waals surface area contributed by atoms with Crippen LogP contribution < -0.4 is 19.7 Å². The number of hydrogen-bond donors (Lipinski definition) is 1. The van der Waals surface area contributed by atoms with Crippen molar-refractivity contribution in [3.05, 3.63) is 54.1 Å². The SMILES string of the molecule is COc1ccc(CCC(=O)NCCCN2CCN(c3ccccc3OC)CC2)cc1. The van der Waals surface area contributed by atoms with Crippen LogP contribution in [0.2, 0.25) is 0 Å². The van der Waals surface area contributed by atoms with Crippen molar-refractivity contribution in [3.63, 3.8) is 0 Å². The molecule has 6 nitrogen and oxygen atoms in total. The maximum Gasteiger partial charge on any atom is 0.220 e. The van der Waals surface area contributed by atoms with Crippen molar-refractivity contribution in [3.8, 4) is 11.5 Å². The molecule has 2 aromatic carbocycles. The molecule has 30 heavy (non-hydrogen) atoms. The average Bonchev–Trinajstić information content (AvgIpc) is 2.81. The Labute approximate surface area is 179 Å². The largest absolute Gasteiger partial charge is 0.497 e. The number of aryl methyl sites for hydroxylation is 1. The van der Waals surface area contributed by atoms with Crippen molar-refractivity contribution in [2.75, 3.05) is 58.4 Å². The number of piperazine rings is 1. The fourth-order valence-corrected chi connectivity index (χ4v) is 3.77. The third kappa shape index (κ3) is 6.39. The van der Waals surface area contributed by atoms with Crippen molar-refractivity contribution >= 4 is 11.6 Å². The molecular formula is C24H33N3O3. The van der Waals surface area contributed by atoms with Gasteiger partial charge in [-0.1, -0.05) is 24.3 Å². The Bertz CT molecular complexity index is 787. The molecule has 0 bridgehead atoms. The maximum atomic E-state index is 12.1. The second-order valence-electron chi connectivity index (χ2n) is 7.55. The fraction of sp³-hybridized carbons (Fsp3) is 0.458. The molecule has 1 amide bonds. The topological polar surface area (TPSA) is 54.0 Å². The highest BCUT2D eigenvalue weighted by Gasteiger charge is 2.19. The molecule has 1 aliphatic rings. The number of nitrogens with zero attached hydrogens (tertiary/aromatic N) is 2. The monoisotopic (exact) mass is 411 g/mol. The second kappa shape index (κ2) is 11.5. The molecule has 0 unspecified atom stereocenters. The van der Waals surface area contributed by atoms with Gasteiger partial charge >= 0.3 is 0 Å². The number of para-hydroxylation sites is 2. The predicted molar refractivity (Wildman–Crippen MR) is 121 cm³/mol. The van der Waals surface area contributed by atoms with E-state index in [1.54, 1.807) is 14.2 Å². The molecule has 0 aliphatic carbocycles. The van der Waals surface area contributed by atoms with Crippen molar-refractivity contribution in [2.45, 2.75) is 19.3 Å². The molecular weight excluding hydrogens is 378 g/mol. The van der Waals surface area contributed by atoms with E-state index < -0.39 is 0 Å². The normalized spacial score (nSPS) is 14.4. The van der Waals surface area contributed by atoms with Crippen LogP contribution in [0, 0.1) is 0 Å². The van der Waals surface area contributed by atoms with E-state index in [9.17, 15) is 4.79 Å². The highest BCUT2D eigenvalue weighted by atomic mass is 16.5. The number of nitrogens with one attached hydrogen (secondary N) is 1. The molecule has 6 heteroatoms. The van der Waals surface area contributed by atoms with Crippen LogP contribution in [-0.2, 0) is 11.2 Å². The minimum absolute atomic E-state index is 0.117. The van der Waals surface area contributed by atoms with E-state index in [1.807, 2.05) is 36.4 Å². The van der Waals surface area contributed by atoms with Crippen LogP contribution in [0.4, 0.5) is 5.69 Å². The molecule has 1 saturated heterocycles. The summed E-state index contributed by atoms with van der Waals surface area (Å²) < 4.78 is 10.6. The van der Waals surface area contributed by atoms with E-state index in [1.165, 1.54) is 5.69 Å². The van der Waals surface area contributed by atoms with Gasteiger partial charge in [0.2, 0.25) is 5.91 Å². The first kappa shape index (κ1) is 22.0. The number of amides is 1. The molecule has 0 saturated carbocycles. The van der Waals surface area contributed by atoms with Gasteiger partial charge in [0.15, 0.2) is 0 Å². The Balaban J connectivity index is 1.29. The van der Waals surface area contributed by atoms with Gasteiger partial charge in [0.05, 0.1) is 19.9 Å². The van der Waals surface area contributed by atoms with Crippen molar-refractivity contribution in [1.29, 1.82) is 0 Å². The molecule has 1 aliphatic heterocycles. The number of ether oxygens (including phenoxy) is 2. The van der Waals surface area contributed by atoms with Gasteiger partial charge in [0.1, 0.15) is 11.5 Å². The van der Waals surface area contributed by atoms with E-state index >= 15 is 0 Å². The maximum absolute atomic E-state index is 12.1. The van der Waals surface area contributed by atoms with E-state index in [2.05, 4.69) is 27.2 Å². The Morgan fingerprint density at radius 2 is 1.70 bits per heavy atom. The van der Waals surface area contributed by atoms with Gasteiger partial charge in [-0.3, -0.25) is 9.69 Å². The Hall–Kier alpha value is -2.73. The zero-order valence-corrected chi connectivity index (χ0v) is 18.1. The summed E-state index contributed by atoms with van der Waals surface area (Å²) in [5, 5.41) is 3.05. The van der Waals surface area contributed by atoms with E-state index in [-0.39, 0.29) is 5.91 Å². The first-order valence-electron chi connectivity index (χ1n) is 10.7. The first-order valence-corrected chi connectivity index (χ1v) is 10.7. The van der Waals surface area contributed by atoms with Crippen LogP contribution >= 0.6 is 0 Å². The lowest BCUT2D eigenvalue weighted by atomic mass is 10.1. The van der Waals surface area contributed by atoms with Gasteiger partial charge in [-0.2, -0.15) is 0 Å². The summed E-state index contributed by atoms with van der Waals surface area (Å²) in [6, 6.07) is 16.1. The van der Waals surface area contributed by atoms with Crippen LogP contribution in [0.25, 0.3) is 0 Å². The first-order chi connectivity index (χ1) is 14.7. The summed E-state index contributed by atoms with van der Waals surface area (Å²) in [7, 11) is 3.38. The van der Waals surface area contributed by atoms with E-state index in [4.69, 9.17) is 9.47 Å².